The Labute approximate surface area is 232 Å². The van der Waals surface area contributed by atoms with Gasteiger partial charge in [-0.1, -0.05) is 30.3 Å². The van der Waals surface area contributed by atoms with Crippen molar-refractivity contribution in [1.29, 1.82) is 0 Å². The second-order valence-electron chi connectivity index (χ2n) is 10.8. The average molecular weight is 563 g/mol. The lowest BCUT2D eigenvalue weighted by Crippen LogP contribution is -2.77. The van der Waals surface area contributed by atoms with Crippen LogP contribution in [0.2, 0.25) is 0 Å². The Morgan fingerprint density at radius 2 is 1.63 bits per heavy atom. The number of ketones is 4. The van der Waals surface area contributed by atoms with Crippen LogP contribution < -0.4 is 5.73 Å². The number of aliphatic hydroxyl groups excluding tert-OH is 1. The molecule has 2 unspecified atom stereocenters. The number of aliphatic hydroxyl groups is 2. The van der Waals surface area contributed by atoms with Crippen LogP contribution in [0, 0.1) is 23.7 Å². The van der Waals surface area contributed by atoms with Crippen molar-refractivity contribution in [2.45, 2.75) is 17.7 Å². The molecule has 212 valence electrons. The smallest absolute Gasteiger partial charge is 0.335 e. The Morgan fingerprint density at radius 3 is 2.20 bits per heavy atom. The van der Waals surface area contributed by atoms with E-state index in [2.05, 4.69) is 0 Å². The SMILES string of the molecule is CN(C)[C@@H]1C(=O)C(C(N)=O)C(=O)[C@@]2(O)C(=O)C3C(=O)c4c(O)cccc4/C(=C\c4ccc(C(=O)O)cc4)[C@H]3[C@H](O)[C@@H]12. The lowest BCUT2D eigenvalue weighted by atomic mass is 9.50. The maximum Gasteiger partial charge on any atom is 0.335 e. The number of phenolic OH excluding ortho intramolecular Hbond substituents is 1. The first-order valence-electron chi connectivity index (χ1n) is 12.6. The molecule has 41 heavy (non-hydrogen) atoms. The topological polar surface area (TPSA) is 213 Å². The minimum atomic E-state index is -3.12. The van der Waals surface area contributed by atoms with Gasteiger partial charge in [0, 0.05) is 5.92 Å². The van der Waals surface area contributed by atoms with Crippen molar-refractivity contribution >= 4 is 46.7 Å². The van der Waals surface area contributed by atoms with E-state index < -0.39 is 82.2 Å². The Hall–Kier alpha value is -4.52. The molecule has 2 saturated carbocycles. The molecule has 0 spiro atoms. The Bertz CT molecular complexity index is 1580. The molecule has 2 aromatic carbocycles. The van der Waals surface area contributed by atoms with Gasteiger partial charge in [0.1, 0.15) is 5.75 Å². The van der Waals surface area contributed by atoms with E-state index in [1.807, 2.05) is 0 Å². The Morgan fingerprint density at radius 1 is 1.00 bits per heavy atom. The first-order chi connectivity index (χ1) is 19.2. The van der Waals surface area contributed by atoms with E-state index >= 15 is 0 Å². The fourth-order valence-electron chi connectivity index (χ4n) is 6.57. The minimum absolute atomic E-state index is 0.00287. The number of amides is 1. The molecule has 0 bridgehead atoms. The molecule has 3 aliphatic rings. The van der Waals surface area contributed by atoms with Crippen LogP contribution in [-0.2, 0) is 19.2 Å². The van der Waals surface area contributed by atoms with E-state index in [-0.39, 0.29) is 22.3 Å². The summed E-state index contributed by atoms with van der Waals surface area (Å²) < 4.78 is 0. The summed E-state index contributed by atoms with van der Waals surface area (Å²) in [5.41, 5.74) is 2.69. The van der Waals surface area contributed by atoms with E-state index in [1.54, 1.807) is 0 Å². The maximum atomic E-state index is 14.1. The van der Waals surface area contributed by atoms with Gasteiger partial charge in [-0.05, 0) is 49.0 Å². The number of aromatic hydroxyl groups is 1. The number of Topliss-reactive ketones (excluding diaryl/α,β-unsaturated/α-hetero) is 4. The summed E-state index contributed by atoms with van der Waals surface area (Å²) in [6.07, 6.45) is -0.348. The van der Waals surface area contributed by atoms with E-state index in [0.29, 0.717) is 5.56 Å². The van der Waals surface area contributed by atoms with Gasteiger partial charge in [0.2, 0.25) is 5.91 Å². The first-order valence-corrected chi connectivity index (χ1v) is 12.6. The molecule has 7 atom stereocenters. The maximum absolute atomic E-state index is 14.1. The van der Waals surface area contributed by atoms with E-state index in [9.17, 15) is 49.2 Å². The van der Waals surface area contributed by atoms with Crippen LogP contribution in [0.1, 0.15) is 31.8 Å². The third kappa shape index (κ3) is 3.86. The highest BCUT2D eigenvalue weighted by molar-refractivity contribution is 6.33. The van der Waals surface area contributed by atoms with Crippen molar-refractivity contribution in [2.24, 2.45) is 29.4 Å². The van der Waals surface area contributed by atoms with Crippen LogP contribution >= 0.6 is 0 Å². The summed E-state index contributed by atoms with van der Waals surface area (Å²) in [7, 11) is 2.81. The number of carbonyl (C=O) groups is 6. The summed E-state index contributed by atoms with van der Waals surface area (Å²) >= 11 is 0. The number of nitrogens with zero attached hydrogens (tertiary/aromatic N) is 1. The fraction of sp³-hybridized carbons (Fsp3) is 0.310. The number of aromatic carboxylic acids is 1. The summed E-state index contributed by atoms with van der Waals surface area (Å²) in [6, 6.07) is 8.23. The Kier molecular flexibility index (Phi) is 6.52. The van der Waals surface area contributed by atoms with Crippen molar-refractivity contribution in [3.63, 3.8) is 0 Å². The molecule has 12 heteroatoms. The monoisotopic (exact) mass is 562 g/mol. The summed E-state index contributed by atoms with van der Waals surface area (Å²) in [6.45, 7) is 0. The van der Waals surface area contributed by atoms with Crippen LogP contribution in [0.5, 0.6) is 5.75 Å². The first kappa shape index (κ1) is 28.0. The van der Waals surface area contributed by atoms with Crippen molar-refractivity contribution in [1.82, 2.24) is 4.90 Å². The van der Waals surface area contributed by atoms with Crippen LogP contribution in [0.25, 0.3) is 11.6 Å². The molecule has 2 aromatic rings. The van der Waals surface area contributed by atoms with E-state index in [4.69, 9.17) is 5.73 Å². The number of likely N-dealkylation sites (N-methyl/N-ethyl adjacent to an activating group) is 1. The van der Waals surface area contributed by atoms with Gasteiger partial charge in [-0.2, -0.15) is 0 Å². The molecular formula is C29H26N2O10. The zero-order valence-electron chi connectivity index (χ0n) is 21.8. The number of nitrogens with two attached hydrogens (primary N) is 1. The van der Waals surface area contributed by atoms with Crippen LogP contribution in [0.4, 0.5) is 0 Å². The fourth-order valence-corrected chi connectivity index (χ4v) is 6.57. The number of rotatable bonds is 4. The predicted octanol–water partition coefficient (Wildman–Crippen LogP) is -0.466. The van der Waals surface area contributed by atoms with Gasteiger partial charge in [0.25, 0.3) is 0 Å². The van der Waals surface area contributed by atoms with Crippen LogP contribution in [0.15, 0.2) is 42.5 Å². The summed E-state index contributed by atoms with van der Waals surface area (Å²) in [5, 5.41) is 43.5. The van der Waals surface area contributed by atoms with Crippen molar-refractivity contribution in [3.05, 3.63) is 64.7 Å². The van der Waals surface area contributed by atoms with Gasteiger partial charge in [-0.15, -0.1) is 0 Å². The highest BCUT2D eigenvalue weighted by Crippen LogP contribution is 2.54. The number of carboxylic acids is 1. The molecule has 0 aromatic heterocycles. The van der Waals surface area contributed by atoms with E-state index in [1.165, 1.54) is 67.5 Å². The number of carbonyl (C=O) groups excluding carboxylic acids is 5. The zero-order chi connectivity index (χ0) is 30.1. The molecule has 3 aliphatic carbocycles. The highest BCUT2D eigenvalue weighted by Gasteiger charge is 2.72. The van der Waals surface area contributed by atoms with Crippen molar-refractivity contribution in [3.8, 4) is 5.75 Å². The largest absolute Gasteiger partial charge is 0.507 e. The molecule has 2 fully saturated rings. The molecule has 0 heterocycles. The molecule has 12 nitrogen and oxygen atoms in total. The number of carboxylic acid groups (broad SMARTS) is 1. The number of phenols is 1. The molecule has 1 amide bonds. The molecule has 0 saturated heterocycles. The molecule has 0 aliphatic heterocycles. The van der Waals surface area contributed by atoms with Crippen molar-refractivity contribution < 1.29 is 49.2 Å². The molecule has 0 radical (unpaired) electrons. The van der Waals surface area contributed by atoms with Gasteiger partial charge in [-0.3, -0.25) is 28.9 Å². The third-order valence-corrected chi connectivity index (χ3v) is 8.35. The predicted molar refractivity (Wildman–Crippen MR) is 140 cm³/mol. The number of fused-ring (bicyclic) bond motifs is 3. The van der Waals surface area contributed by atoms with Crippen molar-refractivity contribution in [2.75, 3.05) is 14.1 Å². The number of hydrogen-bond donors (Lipinski definition) is 5. The van der Waals surface area contributed by atoms with Gasteiger partial charge in [0.15, 0.2) is 34.7 Å². The van der Waals surface area contributed by atoms with Gasteiger partial charge in [0.05, 0.1) is 35.1 Å². The third-order valence-electron chi connectivity index (χ3n) is 8.35. The molecular weight excluding hydrogens is 536 g/mol. The van der Waals surface area contributed by atoms with Gasteiger partial charge in [-0.25, -0.2) is 4.79 Å². The van der Waals surface area contributed by atoms with Gasteiger partial charge >= 0.3 is 5.97 Å². The minimum Gasteiger partial charge on any atom is -0.507 e. The van der Waals surface area contributed by atoms with Crippen LogP contribution in [0.3, 0.4) is 0 Å². The highest BCUT2D eigenvalue weighted by atomic mass is 16.4. The second kappa shape index (κ2) is 9.54. The number of hydrogen-bond acceptors (Lipinski definition) is 10. The standard InChI is InChI=1S/C29H26N2O10/c1-31(2)21-20-23(34)17-14(10-11-6-8-12(9-7-11)28(39)40)13-4-3-5-15(32)16(13)22(33)18(17)25(36)29(20,41)26(37)19(24(21)35)27(30)38/h3-10,17-21,23,32,34,41H,1-2H3,(H2,30,38)(H,39,40)/b14-10+/t17-,18?,19?,20-,21+,23+,29+/m1/s1. The average Bonchev–Trinajstić information content (AvgIpc) is 2.90. The van der Waals surface area contributed by atoms with Crippen LogP contribution in [-0.4, -0.2) is 92.2 Å². The second-order valence-corrected chi connectivity index (χ2v) is 10.8. The summed E-state index contributed by atoms with van der Waals surface area (Å²) in [5.74, 6) is -15.0. The lowest BCUT2D eigenvalue weighted by molar-refractivity contribution is -0.192. The quantitative estimate of drug-likeness (QED) is 0.301. The van der Waals surface area contributed by atoms with E-state index in [0.717, 1.165) is 0 Å². The number of benzene rings is 2. The number of primary amides is 1. The lowest BCUT2D eigenvalue weighted by Gasteiger charge is -2.55. The zero-order valence-corrected chi connectivity index (χ0v) is 21.8. The Balaban J connectivity index is 1.77. The molecule has 6 N–H and O–H groups in total. The van der Waals surface area contributed by atoms with Gasteiger partial charge < -0.3 is 26.2 Å². The molecule has 5 rings (SSSR count). The normalized spacial score (nSPS) is 32.0. The summed E-state index contributed by atoms with van der Waals surface area (Å²) in [4.78, 5) is 79.4.